The van der Waals surface area contributed by atoms with Gasteiger partial charge in [0.15, 0.2) is 18.2 Å². The number of hydrazine groups is 1. The minimum atomic E-state index is -1.44. The van der Waals surface area contributed by atoms with E-state index >= 15 is 0 Å². The molecule has 18 heteroatoms. The number of carbonyl (C=O) groups excluding carboxylic acids is 3. The van der Waals surface area contributed by atoms with Crippen LogP contribution in [0.2, 0.25) is 0 Å². The van der Waals surface area contributed by atoms with Crippen molar-refractivity contribution in [3.05, 3.63) is 36.5 Å². The number of esters is 1. The van der Waals surface area contributed by atoms with Crippen LogP contribution in [-0.4, -0.2) is 168 Å². The van der Waals surface area contributed by atoms with E-state index in [0.29, 0.717) is 25.9 Å². The number of fused-ring (bicyclic) bond motifs is 2. The lowest BCUT2D eigenvalue weighted by atomic mass is 9.77. The van der Waals surface area contributed by atoms with Crippen LogP contribution in [0.15, 0.2) is 36.5 Å². The van der Waals surface area contributed by atoms with Gasteiger partial charge in [0.2, 0.25) is 5.91 Å². The average Bonchev–Trinajstić information content (AvgIpc) is 3.83. The highest BCUT2D eigenvalue weighted by molar-refractivity contribution is 5.80. The van der Waals surface area contributed by atoms with Gasteiger partial charge in [-0.05, 0) is 106 Å². The summed E-state index contributed by atoms with van der Waals surface area (Å²) in [6, 6.07) is 8.38. The number of likely N-dealkylation sites (N-methyl/N-ethyl adjacent to an activating group) is 1. The maximum Gasteiger partial charge on any atom is 0.425 e. The summed E-state index contributed by atoms with van der Waals surface area (Å²) in [5.41, 5.74) is 0.655. The van der Waals surface area contributed by atoms with Gasteiger partial charge in [0.25, 0.3) is 0 Å². The highest BCUT2D eigenvalue weighted by Crippen LogP contribution is 2.42. The fourth-order valence-corrected chi connectivity index (χ4v) is 11.3. The average molecular weight is 960 g/mol. The lowest BCUT2D eigenvalue weighted by Crippen LogP contribution is -2.63. The molecule has 4 saturated heterocycles. The molecule has 68 heavy (non-hydrogen) atoms. The van der Waals surface area contributed by atoms with E-state index in [1.807, 2.05) is 71.9 Å². The molecule has 2 amide bonds. The molecule has 2 aromatic rings. The van der Waals surface area contributed by atoms with E-state index in [1.54, 1.807) is 41.7 Å². The summed E-state index contributed by atoms with van der Waals surface area (Å²) in [5.74, 6) is -3.41. The molecule has 18 nitrogen and oxygen atoms in total. The second-order valence-electron chi connectivity index (χ2n) is 20.8. The van der Waals surface area contributed by atoms with Gasteiger partial charge < -0.3 is 62.9 Å². The van der Waals surface area contributed by atoms with Gasteiger partial charge in [0, 0.05) is 63.3 Å². The third-order valence-corrected chi connectivity index (χ3v) is 15.4. The summed E-state index contributed by atoms with van der Waals surface area (Å²) >= 11 is 0. The Bertz CT molecular complexity index is 2020. The Morgan fingerprint density at radius 2 is 1.62 bits per heavy atom. The zero-order chi connectivity index (χ0) is 50.0. The molecule has 4 fully saturated rings. The van der Waals surface area contributed by atoms with E-state index in [9.17, 15) is 24.6 Å². The molecule has 6 rings (SSSR count). The van der Waals surface area contributed by atoms with Crippen LogP contribution >= 0.6 is 0 Å². The smallest absolute Gasteiger partial charge is 0.425 e. The van der Waals surface area contributed by atoms with Crippen molar-refractivity contribution >= 4 is 28.9 Å². The number of nitrogens with zero attached hydrogens (tertiary/aromatic N) is 3. The quantitative estimate of drug-likeness (QED) is 0.158. The molecule has 384 valence electrons. The van der Waals surface area contributed by atoms with Crippen LogP contribution in [0.4, 0.5) is 4.79 Å². The zero-order valence-corrected chi connectivity index (χ0v) is 42.8. The molecule has 4 aliphatic heterocycles. The summed E-state index contributed by atoms with van der Waals surface area (Å²) in [7, 11) is 6.85. The molecule has 0 saturated carbocycles. The lowest BCUT2D eigenvalue weighted by Gasteiger charge is -2.49. The molecule has 0 radical (unpaired) electrons. The van der Waals surface area contributed by atoms with Gasteiger partial charge in [-0.2, -0.15) is 0 Å². The van der Waals surface area contributed by atoms with Crippen molar-refractivity contribution in [3.8, 4) is 0 Å². The number of hydrogen-bond acceptors (Lipinski definition) is 15. The normalized spacial score (nSPS) is 41.2. The fraction of sp³-hybridized carbons (Fsp3) is 0.780. The maximum absolute atomic E-state index is 15.0. The van der Waals surface area contributed by atoms with Crippen LogP contribution in [0.3, 0.4) is 0 Å². The Balaban J connectivity index is 1.38. The zero-order valence-electron chi connectivity index (χ0n) is 42.8. The number of cyclic esters (lactones) is 1. The molecule has 5 heterocycles. The van der Waals surface area contributed by atoms with Crippen molar-refractivity contribution in [2.75, 3.05) is 34.9 Å². The van der Waals surface area contributed by atoms with Gasteiger partial charge in [-0.25, -0.2) is 15.2 Å². The van der Waals surface area contributed by atoms with Crippen molar-refractivity contribution in [1.82, 2.24) is 25.2 Å². The number of methoxy groups -OCH3 is 2. The molecule has 1 aromatic carbocycles. The molecule has 0 bridgehead atoms. The number of amides is 2. The number of benzene rings is 1. The number of rotatable bonds is 13. The Kier molecular flexibility index (Phi) is 17.4. The van der Waals surface area contributed by atoms with Crippen molar-refractivity contribution in [2.45, 2.75) is 198 Å². The van der Waals surface area contributed by atoms with Crippen LogP contribution < -0.4 is 10.7 Å². The largest absolute Gasteiger partial charge is 0.458 e. The van der Waals surface area contributed by atoms with Gasteiger partial charge in [0.05, 0.1) is 47.6 Å². The van der Waals surface area contributed by atoms with Crippen LogP contribution in [0.25, 0.3) is 10.9 Å². The third kappa shape index (κ3) is 11.0. The first kappa shape index (κ1) is 53.9. The van der Waals surface area contributed by atoms with Crippen molar-refractivity contribution in [1.29, 1.82) is 0 Å². The van der Waals surface area contributed by atoms with Crippen molar-refractivity contribution in [3.63, 3.8) is 0 Å². The topological polar surface area (TPSA) is 201 Å². The molecule has 18 atom stereocenters. The van der Waals surface area contributed by atoms with E-state index in [2.05, 4.69) is 33.5 Å². The minimum Gasteiger partial charge on any atom is -0.458 e. The van der Waals surface area contributed by atoms with E-state index < -0.39 is 108 Å². The predicted molar refractivity (Wildman–Crippen MR) is 253 cm³/mol. The number of nitrogens with one attached hydrogen (secondary N) is 2. The van der Waals surface area contributed by atoms with E-state index in [4.69, 9.17) is 37.9 Å². The Labute approximate surface area is 402 Å². The number of para-hydroxylation sites is 1. The number of aliphatic hydroxyl groups is 2. The second-order valence-corrected chi connectivity index (χ2v) is 20.8. The monoisotopic (exact) mass is 960 g/mol. The van der Waals surface area contributed by atoms with Gasteiger partial charge >= 0.3 is 12.1 Å². The lowest BCUT2D eigenvalue weighted by molar-refractivity contribution is -0.319. The van der Waals surface area contributed by atoms with E-state index in [-0.39, 0.29) is 37.3 Å². The second kappa shape index (κ2) is 21.9. The Morgan fingerprint density at radius 3 is 2.28 bits per heavy atom. The summed E-state index contributed by atoms with van der Waals surface area (Å²) in [4.78, 5) is 45.5. The first-order valence-electron chi connectivity index (χ1n) is 24.6. The SMILES string of the molecule is CC[C@H]1OC(=O)[C@H](C)[C@@H](O[C@H]2C[C@@](C)(OC)[C@@H](O)[C@H](C)O2)[C@H](C)[C@@H](O[C@@H]2O[C@H](C)C[C@H](N(C)C)[C@H]2O)[C@@](C)(OC)C[C@@H](C)C(=O)NC(C)[C@H]2N(NCCCn3ccc4ccccc43)C(=O)O[C@]12C. The molecule has 4 aliphatic rings. The van der Waals surface area contributed by atoms with Crippen molar-refractivity contribution < 1.29 is 62.5 Å². The molecular formula is C50H81N5O13. The summed E-state index contributed by atoms with van der Waals surface area (Å²) in [6.07, 6.45) is -5.00. The van der Waals surface area contributed by atoms with Crippen LogP contribution in [0.5, 0.6) is 0 Å². The fourth-order valence-electron chi connectivity index (χ4n) is 11.3. The molecule has 4 N–H and O–H groups in total. The Morgan fingerprint density at radius 1 is 0.926 bits per heavy atom. The predicted octanol–water partition coefficient (Wildman–Crippen LogP) is 4.76. The third-order valence-electron chi connectivity index (χ3n) is 15.4. The van der Waals surface area contributed by atoms with E-state index in [0.717, 1.165) is 10.9 Å². The van der Waals surface area contributed by atoms with Gasteiger partial charge in [-0.1, -0.05) is 39.0 Å². The molecule has 1 aromatic heterocycles. The summed E-state index contributed by atoms with van der Waals surface area (Å²) in [6.45, 7) is 19.2. The highest BCUT2D eigenvalue weighted by atomic mass is 16.7. The highest BCUT2D eigenvalue weighted by Gasteiger charge is 2.60. The number of carbonyl (C=O) groups is 3. The first-order chi connectivity index (χ1) is 32.0. The van der Waals surface area contributed by atoms with Gasteiger partial charge in [-0.3, -0.25) is 9.59 Å². The molecule has 0 spiro atoms. The standard InChI is InChI=1S/C50H81N5O13/c1-15-37-50(10)41(55(47(60)68-50)51-22-18-23-54-24-21-34-19-16-17-20-35(34)54)32(6)52-44(58)28(2)26-49(9,62-14)43(67-46-39(56)36(53(11)12)25-29(3)63-46)30(4)40(31(5)45(59)65-37)66-38-27-48(8,61-13)42(57)33(7)64-38/h16-17,19-21,24,28-33,36-43,46,51,56-57H,15,18,22-23,25-27H2,1-14H3,(H,52,58)/t28-,29-,30+,31-,32?,33+,36+,37-,38+,39-,40+,41-,42+,43-,46+,48-,49+,50-/m1/s1. The van der Waals surface area contributed by atoms with Crippen molar-refractivity contribution in [2.24, 2.45) is 17.8 Å². The van der Waals surface area contributed by atoms with Gasteiger partial charge in [-0.15, -0.1) is 0 Å². The maximum atomic E-state index is 15.0. The molecule has 0 aliphatic carbocycles. The molecule has 1 unspecified atom stereocenters. The number of aliphatic hydroxyl groups excluding tert-OH is 2. The van der Waals surface area contributed by atoms with Crippen LogP contribution in [0.1, 0.15) is 101 Å². The van der Waals surface area contributed by atoms with E-state index in [1.165, 1.54) is 12.1 Å². The number of aryl methyl sites for hydroxylation is 1. The number of aromatic nitrogens is 1. The summed E-state index contributed by atoms with van der Waals surface area (Å²) in [5, 5.41) is 28.7. The van der Waals surface area contributed by atoms with Crippen LogP contribution in [0, 0.1) is 17.8 Å². The van der Waals surface area contributed by atoms with Crippen LogP contribution in [-0.2, 0) is 54.0 Å². The van der Waals surface area contributed by atoms with Gasteiger partial charge in [0.1, 0.15) is 24.4 Å². The minimum absolute atomic E-state index is 0.118. The number of hydrogen-bond donors (Lipinski definition) is 4. The summed E-state index contributed by atoms with van der Waals surface area (Å²) < 4.78 is 53.7. The Hall–Kier alpha value is -3.43. The molecular weight excluding hydrogens is 879 g/mol. The first-order valence-corrected chi connectivity index (χ1v) is 24.6. The number of ether oxygens (including phenoxy) is 8.